The van der Waals surface area contributed by atoms with Crippen LogP contribution in [-0.4, -0.2) is 9.13 Å². The second kappa shape index (κ2) is 11.5. The molecule has 0 radical (unpaired) electrons. The topological polar surface area (TPSA) is 100 Å². The molecule has 5 aromatic heterocycles. The molecule has 2 aliphatic rings. The highest BCUT2D eigenvalue weighted by Crippen LogP contribution is 2.59. The molecule has 0 atom stereocenters. The summed E-state index contributed by atoms with van der Waals surface area (Å²) in [5.41, 5.74) is 3.30. The van der Waals surface area contributed by atoms with Crippen molar-refractivity contribution < 1.29 is 0 Å². The number of thiazole rings is 2. The van der Waals surface area contributed by atoms with Crippen LogP contribution in [0.4, 0.5) is 0 Å². The predicted molar refractivity (Wildman–Crippen MR) is 204 cm³/mol. The van der Waals surface area contributed by atoms with Gasteiger partial charge in [-0.05, 0) is 60.4 Å². The molecular formula is C36H26N6O2S5. The van der Waals surface area contributed by atoms with Gasteiger partial charge in [0.15, 0.2) is 0 Å². The van der Waals surface area contributed by atoms with Crippen molar-refractivity contribution in [3.63, 3.8) is 0 Å². The summed E-state index contributed by atoms with van der Waals surface area (Å²) in [5.74, 6) is 0. The highest BCUT2D eigenvalue weighted by Gasteiger charge is 2.40. The monoisotopic (exact) mass is 734 g/mol. The van der Waals surface area contributed by atoms with E-state index in [1.165, 1.54) is 71.5 Å². The lowest BCUT2D eigenvalue weighted by Crippen LogP contribution is -2.31. The quantitative estimate of drug-likeness (QED) is 0.209. The second-order valence-corrected chi connectivity index (χ2v) is 17.8. The fraction of sp³-hybridized carbons (Fsp3) is 0.278. The Kier molecular flexibility index (Phi) is 7.72. The minimum atomic E-state index is -0.369. The Balaban J connectivity index is 1.35. The van der Waals surface area contributed by atoms with Crippen LogP contribution >= 0.6 is 56.7 Å². The standard InChI is InChI=1S/C36H26N6O2S5/c1-9-41-31(43)23(47-33(41)19(15-37)39-7)13-17-11-21-25(35(17,3)4)27-29(45-21)30-28(49-27)26-22(46-30)12-18(36(26,5)6)14-24-32(44)42(10-2)34(48-24)20(16-38)40-8/h11-14H,9-10H2,1-6H3/b23-13-,24-14-,33-19-,34-20+. The third kappa shape index (κ3) is 4.58. The molecule has 0 aliphatic heterocycles. The molecule has 0 bridgehead atoms. The van der Waals surface area contributed by atoms with Crippen molar-refractivity contribution in [1.82, 2.24) is 9.13 Å². The van der Waals surface area contributed by atoms with Gasteiger partial charge < -0.3 is 9.13 Å². The molecule has 7 rings (SSSR count). The maximum Gasteiger partial charge on any atom is 0.294 e. The zero-order valence-corrected chi connectivity index (χ0v) is 31.3. The molecule has 0 unspecified atom stereocenters. The molecule has 0 saturated carbocycles. The fourth-order valence-electron chi connectivity index (χ4n) is 6.71. The van der Waals surface area contributed by atoms with Gasteiger partial charge >= 0.3 is 0 Å². The summed E-state index contributed by atoms with van der Waals surface area (Å²) >= 11 is 7.76. The number of fused-ring (bicyclic) bond motifs is 7. The summed E-state index contributed by atoms with van der Waals surface area (Å²) in [6.07, 6.45) is 8.22. The molecule has 8 nitrogen and oxygen atoms in total. The first-order valence-corrected chi connectivity index (χ1v) is 19.4. The van der Waals surface area contributed by atoms with Gasteiger partial charge in [0.1, 0.15) is 9.33 Å². The van der Waals surface area contributed by atoms with Crippen molar-refractivity contribution in [2.75, 3.05) is 0 Å². The van der Waals surface area contributed by atoms with E-state index in [0.717, 1.165) is 11.1 Å². The van der Waals surface area contributed by atoms with Gasteiger partial charge in [0, 0.05) is 33.7 Å². The summed E-state index contributed by atoms with van der Waals surface area (Å²) < 4.78 is 9.87. The van der Waals surface area contributed by atoms with E-state index >= 15 is 0 Å². The van der Waals surface area contributed by atoms with E-state index in [4.69, 9.17) is 13.1 Å². The van der Waals surface area contributed by atoms with Crippen LogP contribution in [0.5, 0.6) is 0 Å². The van der Waals surface area contributed by atoms with E-state index in [2.05, 4.69) is 49.5 Å². The largest absolute Gasteiger partial charge is 0.307 e. The number of hydrogen-bond donors (Lipinski definition) is 0. The van der Waals surface area contributed by atoms with Gasteiger partial charge in [0.05, 0.1) is 53.1 Å². The summed E-state index contributed by atoms with van der Waals surface area (Å²) in [4.78, 5) is 35.7. The van der Waals surface area contributed by atoms with Crippen molar-refractivity contribution in [2.45, 2.75) is 65.5 Å². The van der Waals surface area contributed by atoms with Crippen LogP contribution in [0.2, 0.25) is 0 Å². The van der Waals surface area contributed by atoms with E-state index in [9.17, 15) is 20.1 Å². The molecule has 5 aromatic rings. The normalized spacial score (nSPS) is 17.7. The lowest BCUT2D eigenvalue weighted by Gasteiger charge is -2.22. The van der Waals surface area contributed by atoms with Crippen molar-refractivity contribution >= 4 is 111 Å². The first-order chi connectivity index (χ1) is 23.4. The molecule has 13 heteroatoms. The van der Waals surface area contributed by atoms with Gasteiger partial charge in [-0.2, -0.15) is 0 Å². The number of aromatic nitrogens is 2. The maximum atomic E-state index is 13.3. The number of allylic oxidation sites excluding steroid dienone is 2. The molecule has 49 heavy (non-hydrogen) atoms. The minimum Gasteiger partial charge on any atom is -0.307 e. The van der Waals surface area contributed by atoms with Gasteiger partial charge in [-0.1, -0.05) is 27.7 Å². The molecule has 0 N–H and O–H groups in total. The zero-order chi connectivity index (χ0) is 35.2. The number of hydrogen-bond acceptors (Lipinski definition) is 9. The Hall–Kier alpha value is -4.60. The van der Waals surface area contributed by atoms with E-state index in [1.54, 1.807) is 22.7 Å². The average molecular weight is 735 g/mol. The van der Waals surface area contributed by atoms with Crippen molar-refractivity contribution in [3.8, 4) is 12.1 Å². The first-order valence-electron chi connectivity index (χ1n) is 15.3. The summed E-state index contributed by atoms with van der Waals surface area (Å²) in [7, 11) is 0. The van der Waals surface area contributed by atoms with Crippen LogP contribution in [0, 0.1) is 35.8 Å². The van der Waals surface area contributed by atoms with Gasteiger partial charge in [-0.15, -0.1) is 56.7 Å². The molecule has 0 spiro atoms. The number of nitrogens with zero attached hydrogens (tertiary/aromatic N) is 6. The molecule has 5 heterocycles. The van der Waals surface area contributed by atoms with Crippen molar-refractivity contribution in [3.05, 3.63) is 94.0 Å². The number of nitriles is 2. The van der Waals surface area contributed by atoms with Crippen LogP contribution in [0.1, 0.15) is 62.4 Å². The Morgan fingerprint density at radius 3 is 1.43 bits per heavy atom. The van der Waals surface area contributed by atoms with Crippen LogP contribution in [0.15, 0.2) is 20.7 Å². The molecule has 0 saturated heterocycles. The van der Waals surface area contributed by atoms with Gasteiger partial charge in [0.25, 0.3) is 22.5 Å². The minimum absolute atomic E-state index is 0.0709. The van der Waals surface area contributed by atoms with E-state index in [1.807, 2.05) is 49.5 Å². The Labute approximate surface area is 300 Å². The van der Waals surface area contributed by atoms with Crippen molar-refractivity contribution in [2.24, 2.45) is 0 Å². The van der Waals surface area contributed by atoms with E-state index < -0.39 is 0 Å². The van der Waals surface area contributed by atoms with Crippen molar-refractivity contribution in [1.29, 1.82) is 10.5 Å². The second-order valence-electron chi connectivity index (χ2n) is 12.6. The summed E-state index contributed by atoms with van der Waals surface area (Å²) in [6, 6.07) is 3.87. The fourth-order valence-corrected chi connectivity index (χ4v) is 14.0. The highest BCUT2D eigenvalue weighted by atomic mass is 32.1. The third-order valence-electron chi connectivity index (χ3n) is 9.32. The van der Waals surface area contributed by atoms with Gasteiger partial charge in [0.2, 0.25) is 0 Å². The molecular weight excluding hydrogens is 709 g/mol. The average Bonchev–Trinajstić information content (AvgIpc) is 3.89. The Morgan fingerprint density at radius 1 is 0.714 bits per heavy atom. The molecule has 242 valence electrons. The zero-order valence-electron chi connectivity index (χ0n) is 27.3. The lowest BCUT2D eigenvalue weighted by atomic mass is 9.82. The number of rotatable bonds is 4. The van der Waals surface area contributed by atoms with Crippen LogP contribution in [0.25, 0.3) is 64.2 Å². The van der Waals surface area contributed by atoms with Gasteiger partial charge in [-0.25, -0.2) is 20.2 Å². The Bertz CT molecular complexity index is 2720. The summed E-state index contributed by atoms with van der Waals surface area (Å²) in [5, 5.41) is 18.9. The van der Waals surface area contributed by atoms with Gasteiger partial charge in [-0.3, -0.25) is 9.59 Å². The van der Waals surface area contributed by atoms with Crippen LogP contribution in [-0.2, 0) is 23.9 Å². The molecule has 0 fully saturated rings. The smallest absolute Gasteiger partial charge is 0.294 e. The highest BCUT2D eigenvalue weighted by molar-refractivity contribution is 7.39. The van der Waals surface area contributed by atoms with Crippen LogP contribution < -0.4 is 29.5 Å². The molecule has 0 amide bonds. The summed E-state index contributed by atoms with van der Waals surface area (Å²) in [6.45, 7) is 28.0. The predicted octanol–water partition coefficient (Wildman–Crippen LogP) is 6.08. The molecule has 2 aliphatic carbocycles. The maximum absolute atomic E-state index is 13.3. The first kappa shape index (κ1) is 32.9. The number of thiophene rings is 3. The van der Waals surface area contributed by atoms with Crippen LogP contribution in [0.3, 0.4) is 0 Å². The third-order valence-corrected chi connectivity index (χ3v) is 15.5. The molecule has 0 aromatic carbocycles. The van der Waals surface area contributed by atoms with E-state index in [-0.39, 0.29) is 33.3 Å². The van der Waals surface area contributed by atoms with E-state index in [0.29, 0.717) is 31.5 Å². The lowest BCUT2D eigenvalue weighted by molar-refractivity contribution is 0.670. The SMILES string of the molecule is [C-]#[N+]/C(C#N)=c1\s/c(=C\C2=Cc3sc4c(sc5c6c(sc54)C=C(/C=c4\s/c(=C(\C#N)[N+]#[C-])n(CC)c4=O)C6(C)C)c3C2(C)C)c(=O)n1CC. The Morgan fingerprint density at radius 2 is 1.10 bits per heavy atom.